The summed E-state index contributed by atoms with van der Waals surface area (Å²) < 4.78 is 0. The largest absolute Gasteiger partial charge is 0.480 e. The number of amides is 1. The predicted octanol–water partition coefficient (Wildman–Crippen LogP) is -0.283. The molecule has 6 nitrogen and oxygen atoms in total. The van der Waals surface area contributed by atoms with E-state index in [0.29, 0.717) is 5.69 Å². The van der Waals surface area contributed by atoms with Crippen molar-refractivity contribution in [2.24, 2.45) is 0 Å². The van der Waals surface area contributed by atoms with Gasteiger partial charge in [0.2, 0.25) is 5.91 Å². The number of rotatable bonds is 5. The molecule has 0 radical (unpaired) electrons. The van der Waals surface area contributed by atoms with Crippen LogP contribution in [0.2, 0.25) is 0 Å². The van der Waals surface area contributed by atoms with Gasteiger partial charge in [-0.2, -0.15) is 0 Å². The fourth-order valence-electron chi connectivity index (χ4n) is 1.28. The van der Waals surface area contributed by atoms with E-state index >= 15 is 0 Å². The number of aliphatic carboxylic acids is 1. The molecule has 0 aliphatic heterocycles. The Morgan fingerprint density at radius 2 is 2.18 bits per heavy atom. The second kappa shape index (κ2) is 5.40. The van der Waals surface area contributed by atoms with E-state index in [9.17, 15) is 14.7 Å². The van der Waals surface area contributed by atoms with Crippen molar-refractivity contribution in [3.8, 4) is 0 Å². The summed E-state index contributed by atoms with van der Waals surface area (Å²) in [6.07, 6.45) is 1.51. The van der Waals surface area contributed by atoms with Crippen LogP contribution in [0, 0.1) is 0 Å². The zero-order valence-electron chi connectivity index (χ0n) is 9.73. The maximum atomic E-state index is 11.3. The van der Waals surface area contributed by atoms with Crippen molar-refractivity contribution in [1.82, 2.24) is 15.6 Å². The molecule has 0 fully saturated rings. The number of nitrogens with one attached hydrogen (secondary N) is 2. The van der Waals surface area contributed by atoms with Gasteiger partial charge in [0.25, 0.3) is 0 Å². The third-order valence-electron chi connectivity index (χ3n) is 2.49. The van der Waals surface area contributed by atoms with Crippen LogP contribution in [-0.4, -0.2) is 35.6 Å². The standard InChI is InChI=1S/C11H15N3O3/c1-11(10(16)17,14-7-9(15)12-2)8-5-3-4-6-13-8/h3-6,14H,7H2,1-2H3,(H,12,15)(H,16,17). The first-order valence-electron chi connectivity index (χ1n) is 5.11. The molecule has 1 atom stereocenters. The lowest BCUT2D eigenvalue weighted by Crippen LogP contribution is -2.50. The van der Waals surface area contributed by atoms with Gasteiger partial charge in [-0.25, -0.2) is 4.79 Å². The van der Waals surface area contributed by atoms with Crippen LogP contribution in [0.1, 0.15) is 12.6 Å². The van der Waals surface area contributed by atoms with Gasteiger partial charge < -0.3 is 10.4 Å². The second-order valence-corrected chi connectivity index (χ2v) is 3.67. The molecule has 1 unspecified atom stereocenters. The maximum absolute atomic E-state index is 11.3. The minimum absolute atomic E-state index is 0.0874. The summed E-state index contributed by atoms with van der Waals surface area (Å²) in [7, 11) is 1.49. The maximum Gasteiger partial charge on any atom is 0.329 e. The fourth-order valence-corrected chi connectivity index (χ4v) is 1.28. The van der Waals surface area contributed by atoms with Gasteiger partial charge in [0.05, 0.1) is 12.2 Å². The van der Waals surface area contributed by atoms with Crippen LogP contribution in [0.25, 0.3) is 0 Å². The Morgan fingerprint density at radius 3 is 2.65 bits per heavy atom. The summed E-state index contributed by atoms with van der Waals surface area (Å²) in [4.78, 5) is 26.4. The highest BCUT2D eigenvalue weighted by Crippen LogP contribution is 2.18. The van der Waals surface area contributed by atoms with Gasteiger partial charge in [0.15, 0.2) is 5.54 Å². The molecule has 0 aromatic carbocycles. The summed E-state index contributed by atoms with van der Waals surface area (Å²) in [6, 6.07) is 5.00. The zero-order valence-corrected chi connectivity index (χ0v) is 9.73. The Balaban J connectivity index is 2.91. The molecule has 0 saturated heterocycles. The monoisotopic (exact) mass is 237 g/mol. The average molecular weight is 237 g/mol. The molecule has 1 aromatic rings. The Hall–Kier alpha value is -1.95. The van der Waals surface area contributed by atoms with Crippen LogP contribution in [0.3, 0.4) is 0 Å². The van der Waals surface area contributed by atoms with E-state index in [2.05, 4.69) is 15.6 Å². The van der Waals surface area contributed by atoms with Crippen molar-refractivity contribution in [2.45, 2.75) is 12.5 Å². The highest BCUT2D eigenvalue weighted by Gasteiger charge is 2.36. The van der Waals surface area contributed by atoms with Crippen LogP contribution in [0.5, 0.6) is 0 Å². The minimum atomic E-state index is -1.38. The second-order valence-electron chi connectivity index (χ2n) is 3.67. The number of hydrogen-bond donors (Lipinski definition) is 3. The topological polar surface area (TPSA) is 91.3 Å². The average Bonchev–Trinajstić information content (AvgIpc) is 2.36. The molecule has 0 spiro atoms. The number of pyridine rings is 1. The normalized spacial score (nSPS) is 13.8. The number of nitrogens with zero attached hydrogens (tertiary/aromatic N) is 1. The Kier molecular flexibility index (Phi) is 4.17. The van der Waals surface area contributed by atoms with Gasteiger partial charge in [-0.05, 0) is 19.1 Å². The van der Waals surface area contributed by atoms with Crippen LogP contribution in [0.15, 0.2) is 24.4 Å². The molecule has 1 aromatic heterocycles. The molecule has 6 heteroatoms. The van der Waals surface area contributed by atoms with Gasteiger partial charge in [-0.15, -0.1) is 0 Å². The Bertz CT molecular complexity index is 408. The zero-order chi connectivity index (χ0) is 12.9. The van der Waals surface area contributed by atoms with Crippen molar-refractivity contribution >= 4 is 11.9 Å². The van der Waals surface area contributed by atoms with Gasteiger partial charge in [-0.1, -0.05) is 6.07 Å². The lowest BCUT2D eigenvalue weighted by molar-refractivity contribution is -0.144. The first-order chi connectivity index (χ1) is 8.00. The van der Waals surface area contributed by atoms with Gasteiger partial charge >= 0.3 is 5.97 Å². The molecule has 0 saturated carbocycles. The van der Waals surface area contributed by atoms with E-state index in [0.717, 1.165) is 0 Å². The molecule has 1 rings (SSSR count). The summed E-state index contributed by atoms with van der Waals surface area (Å²) in [6.45, 7) is 1.39. The number of hydrogen-bond acceptors (Lipinski definition) is 4. The molecule has 17 heavy (non-hydrogen) atoms. The predicted molar refractivity (Wildman–Crippen MR) is 61.3 cm³/mol. The fraction of sp³-hybridized carbons (Fsp3) is 0.364. The molecule has 0 bridgehead atoms. The van der Waals surface area contributed by atoms with E-state index in [1.165, 1.54) is 20.2 Å². The quantitative estimate of drug-likeness (QED) is 0.655. The molecule has 0 aliphatic rings. The molecular weight excluding hydrogens is 222 g/mol. The lowest BCUT2D eigenvalue weighted by Gasteiger charge is -2.25. The number of carbonyl (C=O) groups excluding carboxylic acids is 1. The first kappa shape index (κ1) is 13.1. The van der Waals surface area contributed by atoms with E-state index < -0.39 is 11.5 Å². The van der Waals surface area contributed by atoms with Crippen LogP contribution >= 0.6 is 0 Å². The number of likely N-dealkylation sites (N-methyl/N-ethyl adjacent to an activating group) is 1. The van der Waals surface area contributed by atoms with E-state index in [1.54, 1.807) is 18.2 Å². The van der Waals surface area contributed by atoms with E-state index in [-0.39, 0.29) is 12.5 Å². The SMILES string of the molecule is CNC(=O)CNC(C)(C(=O)O)c1ccccn1. The number of carboxylic acids is 1. The minimum Gasteiger partial charge on any atom is -0.480 e. The van der Waals surface area contributed by atoms with Gasteiger partial charge in [0, 0.05) is 13.2 Å². The van der Waals surface area contributed by atoms with Crippen LogP contribution in [-0.2, 0) is 15.1 Å². The number of carboxylic acid groups (broad SMARTS) is 1. The first-order valence-corrected chi connectivity index (χ1v) is 5.11. The van der Waals surface area contributed by atoms with Crippen molar-refractivity contribution in [3.63, 3.8) is 0 Å². The molecule has 1 amide bonds. The Labute approximate surface area is 99.1 Å². The smallest absolute Gasteiger partial charge is 0.329 e. The van der Waals surface area contributed by atoms with E-state index in [1.807, 2.05) is 0 Å². The summed E-state index contributed by atoms with van der Waals surface area (Å²) >= 11 is 0. The van der Waals surface area contributed by atoms with Crippen molar-refractivity contribution in [3.05, 3.63) is 30.1 Å². The third kappa shape index (κ3) is 3.01. The molecule has 92 valence electrons. The summed E-state index contributed by atoms with van der Waals surface area (Å²) in [5, 5.41) is 14.3. The third-order valence-corrected chi connectivity index (χ3v) is 2.49. The highest BCUT2D eigenvalue weighted by molar-refractivity contribution is 5.82. The van der Waals surface area contributed by atoms with Gasteiger partial charge in [0.1, 0.15) is 0 Å². The van der Waals surface area contributed by atoms with Crippen molar-refractivity contribution < 1.29 is 14.7 Å². The molecule has 0 aliphatic carbocycles. The number of carbonyl (C=O) groups is 2. The van der Waals surface area contributed by atoms with Gasteiger partial charge in [-0.3, -0.25) is 15.1 Å². The molecular formula is C11H15N3O3. The Morgan fingerprint density at radius 1 is 1.47 bits per heavy atom. The van der Waals surface area contributed by atoms with Crippen LogP contribution in [0.4, 0.5) is 0 Å². The lowest BCUT2D eigenvalue weighted by atomic mass is 9.97. The van der Waals surface area contributed by atoms with Crippen LogP contribution < -0.4 is 10.6 Å². The van der Waals surface area contributed by atoms with Crippen molar-refractivity contribution in [1.29, 1.82) is 0 Å². The molecule has 1 heterocycles. The van der Waals surface area contributed by atoms with Crippen molar-refractivity contribution in [2.75, 3.05) is 13.6 Å². The summed E-state index contributed by atoms with van der Waals surface area (Å²) in [5.74, 6) is -1.37. The highest BCUT2D eigenvalue weighted by atomic mass is 16.4. The number of aromatic nitrogens is 1. The summed E-state index contributed by atoms with van der Waals surface area (Å²) in [5.41, 5.74) is -1.02. The van der Waals surface area contributed by atoms with E-state index in [4.69, 9.17) is 0 Å². The molecule has 3 N–H and O–H groups in total.